The topological polar surface area (TPSA) is 94.9 Å². The Bertz CT molecular complexity index is 844. The molecule has 6 heteroatoms. The fraction of sp³-hybridized carbons (Fsp3) is 0.591. The number of hydrogen-bond acceptors (Lipinski definition) is 3. The predicted molar refractivity (Wildman–Crippen MR) is 104 cm³/mol. The van der Waals surface area contributed by atoms with Crippen molar-refractivity contribution in [2.24, 2.45) is 5.41 Å². The molecule has 28 heavy (non-hydrogen) atoms. The lowest BCUT2D eigenvalue weighted by atomic mass is 9.60. The number of nitrogens with zero attached hydrogens (tertiary/aromatic N) is 1. The second-order valence-corrected chi connectivity index (χ2v) is 9.43. The molecule has 1 saturated carbocycles. The summed E-state index contributed by atoms with van der Waals surface area (Å²) in [6.07, 6.45) is 4.05. The summed E-state index contributed by atoms with van der Waals surface area (Å²) in [4.78, 5) is 37.3. The molecule has 1 aliphatic carbocycles. The van der Waals surface area contributed by atoms with Crippen molar-refractivity contribution in [1.82, 2.24) is 4.90 Å². The number of aliphatic carboxylic acids is 2. The molecule has 0 unspecified atom stereocenters. The van der Waals surface area contributed by atoms with Gasteiger partial charge in [0.05, 0.1) is 5.92 Å². The third-order valence-electron chi connectivity index (χ3n) is 6.42. The van der Waals surface area contributed by atoms with E-state index in [-0.39, 0.29) is 29.8 Å². The minimum absolute atomic E-state index is 0.148. The molecular formula is C22H29NO5. The van der Waals surface area contributed by atoms with Crippen LogP contribution in [0.4, 0.5) is 0 Å². The van der Waals surface area contributed by atoms with Crippen LogP contribution in [0.5, 0.6) is 0 Å². The molecule has 2 atom stereocenters. The summed E-state index contributed by atoms with van der Waals surface area (Å²) in [5.41, 5.74) is 2.56. The van der Waals surface area contributed by atoms with Gasteiger partial charge in [-0.05, 0) is 53.7 Å². The first-order valence-electron chi connectivity index (χ1n) is 9.85. The van der Waals surface area contributed by atoms with E-state index < -0.39 is 17.9 Å². The molecule has 1 aromatic carbocycles. The van der Waals surface area contributed by atoms with E-state index in [0.29, 0.717) is 11.1 Å². The highest BCUT2D eigenvalue weighted by Crippen LogP contribution is 2.50. The second kappa shape index (κ2) is 6.90. The van der Waals surface area contributed by atoms with E-state index in [1.54, 1.807) is 6.92 Å². The van der Waals surface area contributed by atoms with Gasteiger partial charge in [0.1, 0.15) is 6.54 Å². The molecule has 0 saturated heterocycles. The zero-order valence-electron chi connectivity index (χ0n) is 17.0. The Morgan fingerprint density at radius 3 is 2.43 bits per heavy atom. The van der Waals surface area contributed by atoms with Crippen LogP contribution in [0.3, 0.4) is 0 Å². The fourth-order valence-electron chi connectivity index (χ4n) is 5.30. The summed E-state index contributed by atoms with van der Waals surface area (Å²) in [5.74, 6) is -3.26. The zero-order valence-corrected chi connectivity index (χ0v) is 17.0. The Kier molecular flexibility index (Phi) is 5.02. The Morgan fingerprint density at radius 2 is 1.86 bits per heavy atom. The first-order valence-corrected chi connectivity index (χ1v) is 9.85. The van der Waals surface area contributed by atoms with Crippen LogP contribution in [0.15, 0.2) is 12.1 Å². The van der Waals surface area contributed by atoms with Crippen molar-refractivity contribution in [2.45, 2.75) is 71.3 Å². The molecule has 0 aromatic heterocycles. The highest BCUT2D eigenvalue weighted by Gasteiger charge is 2.43. The van der Waals surface area contributed by atoms with Gasteiger partial charge in [0, 0.05) is 12.1 Å². The fourth-order valence-corrected chi connectivity index (χ4v) is 5.30. The van der Waals surface area contributed by atoms with E-state index in [0.717, 1.165) is 36.8 Å². The van der Waals surface area contributed by atoms with E-state index in [2.05, 4.69) is 20.8 Å². The van der Waals surface area contributed by atoms with E-state index in [9.17, 15) is 19.5 Å². The van der Waals surface area contributed by atoms with Crippen molar-refractivity contribution in [2.75, 3.05) is 6.54 Å². The van der Waals surface area contributed by atoms with Gasteiger partial charge in [0.15, 0.2) is 0 Å². The van der Waals surface area contributed by atoms with Crippen LogP contribution in [-0.2, 0) is 21.5 Å². The first-order chi connectivity index (χ1) is 12.9. The standard InChI is InChI=1S/C22H29NO5/c1-13(20(27)28)17-15(22(4)9-5-8-21(2,3)12-22)7-6-14-10-23(11-16(24)25)19(26)18(14)17/h6-7,13H,5,8-12H2,1-4H3,(H,24,25)(H,27,28)/t13-,22+/m1/s1. The number of carbonyl (C=O) groups excluding carboxylic acids is 1. The van der Waals surface area contributed by atoms with E-state index in [1.807, 2.05) is 12.1 Å². The van der Waals surface area contributed by atoms with Crippen molar-refractivity contribution in [3.05, 3.63) is 34.4 Å². The van der Waals surface area contributed by atoms with Gasteiger partial charge in [-0.25, -0.2) is 0 Å². The molecule has 1 amide bonds. The largest absolute Gasteiger partial charge is 0.481 e. The van der Waals surface area contributed by atoms with Gasteiger partial charge in [0.2, 0.25) is 0 Å². The number of carboxylic acid groups (broad SMARTS) is 2. The van der Waals surface area contributed by atoms with Gasteiger partial charge < -0.3 is 15.1 Å². The van der Waals surface area contributed by atoms with Crippen molar-refractivity contribution in [1.29, 1.82) is 0 Å². The number of carboxylic acids is 2. The average Bonchev–Trinajstić information content (AvgIpc) is 2.87. The normalized spacial score (nSPS) is 24.7. The van der Waals surface area contributed by atoms with Crippen LogP contribution in [0.25, 0.3) is 0 Å². The van der Waals surface area contributed by atoms with Gasteiger partial charge >= 0.3 is 11.9 Å². The molecule has 0 spiro atoms. The third kappa shape index (κ3) is 3.52. The monoisotopic (exact) mass is 387 g/mol. The Balaban J connectivity index is 2.16. The summed E-state index contributed by atoms with van der Waals surface area (Å²) in [7, 11) is 0. The number of amides is 1. The van der Waals surface area contributed by atoms with Crippen LogP contribution >= 0.6 is 0 Å². The van der Waals surface area contributed by atoms with E-state index >= 15 is 0 Å². The summed E-state index contributed by atoms with van der Waals surface area (Å²) < 4.78 is 0. The minimum Gasteiger partial charge on any atom is -0.481 e. The number of fused-ring (bicyclic) bond motifs is 1. The molecular weight excluding hydrogens is 358 g/mol. The number of benzene rings is 1. The lowest BCUT2D eigenvalue weighted by Crippen LogP contribution is -2.36. The Morgan fingerprint density at radius 1 is 1.18 bits per heavy atom. The predicted octanol–water partition coefficient (Wildman–Crippen LogP) is 3.77. The molecule has 1 heterocycles. The quantitative estimate of drug-likeness (QED) is 0.802. The lowest BCUT2D eigenvalue weighted by molar-refractivity contribution is -0.139. The second-order valence-electron chi connectivity index (χ2n) is 9.43. The number of rotatable bonds is 5. The number of carbonyl (C=O) groups is 3. The average molecular weight is 387 g/mol. The smallest absolute Gasteiger partial charge is 0.323 e. The van der Waals surface area contributed by atoms with Crippen LogP contribution in [0.1, 0.15) is 86.3 Å². The van der Waals surface area contributed by atoms with Crippen LogP contribution in [-0.4, -0.2) is 39.5 Å². The van der Waals surface area contributed by atoms with Gasteiger partial charge in [0.25, 0.3) is 5.91 Å². The van der Waals surface area contributed by atoms with Crippen LogP contribution in [0.2, 0.25) is 0 Å². The molecule has 6 nitrogen and oxygen atoms in total. The molecule has 2 aliphatic rings. The molecule has 1 aromatic rings. The van der Waals surface area contributed by atoms with Crippen molar-refractivity contribution in [3.63, 3.8) is 0 Å². The van der Waals surface area contributed by atoms with Gasteiger partial charge in [-0.2, -0.15) is 0 Å². The third-order valence-corrected chi connectivity index (χ3v) is 6.42. The summed E-state index contributed by atoms with van der Waals surface area (Å²) in [5, 5.41) is 18.9. The molecule has 2 N–H and O–H groups in total. The summed E-state index contributed by atoms with van der Waals surface area (Å²) >= 11 is 0. The highest BCUT2D eigenvalue weighted by molar-refractivity contribution is 6.02. The number of hydrogen-bond donors (Lipinski definition) is 2. The minimum atomic E-state index is -1.07. The molecule has 152 valence electrons. The Hall–Kier alpha value is -2.37. The van der Waals surface area contributed by atoms with E-state index in [1.165, 1.54) is 4.90 Å². The van der Waals surface area contributed by atoms with Gasteiger partial charge in [-0.15, -0.1) is 0 Å². The maximum Gasteiger partial charge on any atom is 0.323 e. The lowest BCUT2D eigenvalue weighted by Gasteiger charge is -2.44. The molecule has 0 bridgehead atoms. The van der Waals surface area contributed by atoms with E-state index in [4.69, 9.17) is 5.11 Å². The Labute approximate surface area is 165 Å². The van der Waals surface area contributed by atoms with Gasteiger partial charge in [-0.1, -0.05) is 39.3 Å². The van der Waals surface area contributed by atoms with Crippen molar-refractivity contribution in [3.8, 4) is 0 Å². The molecule has 1 fully saturated rings. The van der Waals surface area contributed by atoms with Crippen molar-refractivity contribution >= 4 is 17.8 Å². The molecule has 3 rings (SSSR count). The first kappa shape index (κ1) is 20.4. The van der Waals surface area contributed by atoms with Gasteiger partial charge in [-0.3, -0.25) is 14.4 Å². The summed E-state index contributed by atoms with van der Waals surface area (Å²) in [6.45, 7) is 8.08. The zero-order chi connectivity index (χ0) is 20.9. The van der Waals surface area contributed by atoms with Crippen molar-refractivity contribution < 1.29 is 24.6 Å². The highest BCUT2D eigenvalue weighted by atomic mass is 16.4. The van der Waals surface area contributed by atoms with Crippen LogP contribution < -0.4 is 0 Å². The summed E-state index contributed by atoms with van der Waals surface area (Å²) in [6, 6.07) is 3.86. The SMILES string of the molecule is C[C@@H](C(=O)O)c1c([C@@]2(C)CCCC(C)(C)C2)ccc2c1C(=O)N(CC(=O)O)C2. The molecule has 1 aliphatic heterocycles. The molecule has 0 radical (unpaired) electrons. The maximum atomic E-state index is 13.0. The maximum absolute atomic E-state index is 13.0. The van der Waals surface area contributed by atoms with Crippen LogP contribution in [0, 0.1) is 5.41 Å².